The standard InChI is InChI=1S/C16H23N3O2/c1-4-21-16-6-5-15(7-14(16)11-20)17-8-13-9-18-19(10-13)12(2)3/h5-7,9-10,12,17,20H,4,8,11H2,1-3H3. The average Bonchev–Trinajstić information content (AvgIpc) is 2.95. The van der Waals surface area contributed by atoms with Gasteiger partial charge >= 0.3 is 0 Å². The average molecular weight is 289 g/mol. The van der Waals surface area contributed by atoms with Gasteiger partial charge in [-0.05, 0) is 39.0 Å². The van der Waals surface area contributed by atoms with Crippen molar-refractivity contribution in [3.8, 4) is 5.75 Å². The molecule has 2 N–H and O–H groups in total. The third-order valence-electron chi connectivity index (χ3n) is 3.21. The van der Waals surface area contributed by atoms with Crippen molar-refractivity contribution in [1.29, 1.82) is 0 Å². The van der Waals surface area contributed by atoms with Gasteiger partial charge < -0.3 is 15.2 Å². The van der Waals surface area contributed by atoms with Crippen LogP contribution in [0.4, 0.5) is 5.69 Å². The van der Waals surface area contributed by atoms with Crippen LogP contribution in [0.15, 0.2) is 30.6 Å². The number of nitrogens with zero attached hydrogens (tertiary/aromatic N) is 2. The minimum Gasteiger partial charge on any atom is -0.494 e. The summed E-state index contributed by atoms with van der Waals surface area (Å²) in [5.74, 6) is 0.734. The summed E-state index contributed by atoms with van der Waals surface area (Å²) in [5, 5.41) is 17.1. The number of nitrogens with one attached hydrogen (secondary N) is 1. The maximum absolute atomic E-state index is 9.40. The van der Waals surface area contributed by atoms with E-state index >= 15 is 0 Å². The number of rotatable bonds is 7. The molecule has 0 aliphatic carbocycles. The first-order valence-electron chi connectivity index (χ1n) is 7.27. The zero-order valence-corrected chi connectivity index (χ0v) is 12.8. The smallest absolute Gasteiger partial charge is 0.124 e. The summed E-state index contributed by atoms with van der Waals surface area (Å²) in [4.78, 5) is 0. The van der Waals surface area contributed by atoms with Gasteiger partial charge in [0.15, 0.2) is 0 Å². The Labute approximate surface area is 125 Å². The van der Waals surface area contributed by atoms with Gasteiger partial charge in [-0.2, -0.15) is 5.10 Å². The minimum absolute atomic E-state index is 0.0316. The van der Waals surface area contributed by atoms with E-state index in [9.17, 15) is 5.11 Å². The van der Waals surface area contributed by atoms with Gasteiger partial charge in [0.25, 0.3) is 0 Å². The quantitative estimate of drug-likeness (QED) is 0.822. The molecule has 0 saturated carbocycles. The van der Waals surface area contributed by atoms with Crippen molar-refractivity contribution in [2.75, 3.05) is 11.9 Å². The van der Waals surface area contributed by atoms with Crippen LogP contribution in [0, 0.1) is 0 Å². The summed E-state index contributed by atoms with van der Waals surface area (Å²) in [6.45, 7) is 7.39. The van der Waals surface area contributed by atoms with Gasteiger partial charge in [0, 0.05) is 35.6 Å². The Hall–Kier alpha value is -2.01. The lowest BCUT2D eigenvalue weighted by atomic mass is 10.2. The van der Waals surface area contributed by atoms with E-state index in [0.717, 1.165) is 22.6 Å². The predicted octanol–water partition coefficient (Wildman–Crippen LogP) is 2.97. The number of hydrogen-bond donors (Lipinski definition) is 2. The summed E-state index contributed by atoms with van der Waals surface area (Å²) < 4.78 is 7.41. The molecule has 1 heterocycles. The lowest BCUT2D eigenvalue weighted by Crippen LogP contribution is -2.02. The van der Waals surface area contributed by atoms with Crippen molar-refractivity contribution in [2.24, 2.45) is 0 Å². The molecule has 5 nitrogen and oxygen atoms in total. The molecule has 0 amide bonds. The molecule has 0 radical (unpaired) electrons. The molecule has 0 fully saturated rings. The first-order chi connectivity index (χ1) is 10.1. The molecule has 114 valence electrons. The fourth-order valence-electron chi connectivity index (χ4n) is 2.06. The summed E-state index contributed by atoms with van der Waals surface area (Å²) in [7, 11) is 0. The molecule has 0 aliphatic heterocycles. The van der Waals surface area contributed by atoms with Crippen LogP contribution in [0.25, 0.3) is 0 Å². The van der Waals surface area contributed by atoms with E-state index in [2.05, 4.69) is 24.3 Å². The fraction of sp³-hybridized carbons (Fsp3) is 0.438. The Morgan fingerprint density at radius 1 is 1.38 bits per heavy atom. The van der Waals surface area contributed by atoms with E-state index in [1.54, 1.807) is 0 Å². The number of aliphatic hydroxyl groups is 1. The van der Waals surface area contributed by atoms with Crippen LogP contribution in [0.1, 0.15) is 37.9 Å². The second kappa shape index (κ2) is 7.13. The second-order valence-electron chi connectivity index (χ2n) is 5.19. The molecule has 2 aromatic rings. The van der Waals surface area contributed by atoms with Gasteiger partial charge in [-0.1, -0.05) is 0 Å². The van der Waals surface area contributed by atoms with Crippen LogP contribution in [-0.2, 0) is 13.2 Å². The minimum atomic E-state index is -0.0316. The monoisotopic (exact) mass is 289 g/mol. The number of aliphatic hydroxyl groups excluding tert-OH is 1. The molecule has 0 unspecified atom stereocenters. The SMILES string of the molecule is CCOc1ccc(NCc2cnn(C(C)C)c2)cc1CO. The van der Waals surface area contributed by atoms with E-state index < -0.39 is 0 Å². The van der Waals surface area contributed by atoms with E-state index in [-0.39, 0.29) is 6.61 Å². The van der Waals surface area contributed by atoms with E-state index in [4.69, 9.17) is 4.74 Å². The predicted molar refractivity (Wildman–Crippen MR) is 83.5 cm³/mol. The lowest BCUT2D eigenvalue weighted by molar-refractivity contribution is 0.267. The highest BCUT2D eigenvalue weighted by molar-refractivity contribution is 5.51. The molecule has 0 spiro atoms. The first kappa shape index (κ1) is 15.4. The molecule has 2 rings (SSSR count). The van der Waals surface area contributed by atoms with Crippen LogP contribution in [0.3, 0.4) is 0 Å². The van der Waals surface area contributed by atoms with Crippen LogP contribution in [0.2, 0.25) is 0 Å². The van der Waals surface area contributed by atoms with Crippen molar-refractivity contribution in [3.63, 3.8) is 0 Å². The molecule has 5 heteroatoms. The van der Waals surface area contributed by atoms with Crippen molar-refractivity contribution >= 4 is 5.69 Å². The third-order valence-corrected chi connectivity index (χ3v) is 3.21. The Kier molecular flexibility index (Phi) is 5.22. The fourth-order valence-corrected chi connectivity index (χ4v) is 2.06. The van der Waals surface area contributed by atoms with Crippen molar-refractivity contribution in [3.05, 3.63) is 41.7 Å². The van der Waals surface area contributed by atoms with Crippen LogP contribution in [0.5, 0.6) is 5.75 Å². The number of benzene rings is 1. The highest BCUT2D eigenvalue weighted by Gasteiger charge is 2.05. The molecule has 21 heavy (non-hydrogen) atoms. The van der Waals surface area contributed by atoms with E-state index in [0.29, 0.717) is 19.2 Å². The van der Waals surface area contributed by atoms with Gasteiger partial charge in [0.05, 0.1) is 19.4 Å². The van der Waals surface area contributed by atoms with E-state index in [1.165, 1.54) is 0 Å². The Bertz CT molecular complexity index is 579. The second-order valence-corrected chi connectivity index (χ2v) is 5.19. The summed E-state index contributed by atoms with van der Waals surface area (Å²) in [5.41, 5.74) is 2.88. The molecule has 1 aromatic heterocycles. The van der Waals surface area contributed by atoms with Crippen LogP contribution in [-0.4, -0.2) is 21.5 Å². The van der Waals surface area contributed by atoms with E-state index in [1.807, 2.05) is 42.2 Å². The highest BCUT2D eigenvalue weighted by atomic mass is 16.5. The number of anilines is 1. The van der Waals surface area contributed by atoms with Crippen molar-refractivity contribution in [2.45, 2.75) is 40.0 Å². The number of ether oxygens (including phenoxy) is 1. The summed E-state index contributed by atoms with van der Waals surface area (Å²) in [6, 6.07) is 6.12. The Morgan fingerprint density at radius 2 is 2.19 bits per heavy atom. The van der Waals surface area contributed by atoms with Crippen LogP contribution >= 0.6 is 0 Å². The maximum atomic E-state index is 9.40. The Balaban J connectivity index is 2.02. The maximum Gasteiger partial charge on any atom is 0.124 e. The zero-order chi connectivity index (χ0) is 15.2. The Morgan fingerprint density at radius 3 is 2.81 bits per heavy atom. The zero-order valence-electron chi connectivity index (χ0n) is 12.8. The van der Waals surface area contributed by atoms with Crippen molar-refractivity contribution in [1.82, 2.24) is 9.78 Å². The largest absolute Gasteiger partial charge is 0.494 e. The third kappa shape index (κ3) is 3.98. The van der Waals surface area contributed by atoms with Gasteiger partial charge in [0.2, 0.25) is 0 Å². The normalized spacial score (nSPS) is 10.9. The number of aromatic nitrogens is 2. The van der Waals surface area contributed by atoms with Gasteiger partial charge in [-0.3, -0.25) is 4.68 Å². The topological polar surface area (TPSA) is 59.3 Å². The molecule has 0 aliphatic rings. The molecule has 0 atom stereocenters. The van der Waals surface area contributed by atoms with Gasteiger partial charge in [-0.15, -0.1) is 0 Å². The molecular formula is C16H23N3O2. The van der Waals surface area contributed by atoms with Crippen molar-refractivity contribution < 1.29 is 9.84 Å². The highest BCUT2D eigenvalue weighted by Crippen LogP contribution is 2.23. The molecule has 0 saturated heterocycles. The summed E-state index contributed by atoms with van der Waals surface area (Å²) >= 11 is 0. The molecule has 0 bridgehead atoms. The lowest BCUT2D eigenvalue weighted by Gasteiger charge is -2.11. The first-order valence-corrected chi connectivity index (χ1v) is 7.27. The number of hydrogen-bond acceptors (Lipinski definition) is 4. The summed E-state index contributed by atoms with van der Waals surface area (Å²) in [6.07, 6.45) is 3.91. The molecular weight excluding hydrogens is 266 g/mol. The van der Waals surface area contributed by atoms with Crippen LogP contribution < -0.4 is 10.1 Å². The van der Waals surface area contributed by atoms with Gasteiger partial charge in [0.1, 0.15) is 5.75 Å². The molecule has 1 aromatic carbocycles. The van der Waals surface area contributed by atoms with Gasteiger partial charge in [-0.25, -0.2) is 0 Å².